The van der Waals surface area contributed by atoms with Crippen LogP contribution in [0.15, 0.2) is 24.3 Å². The minimum atomic E-state index is -4.37. The van der Waals surface area contributed by atoms with Gasteiger partial charge in [0.05, 0.1) is 5.56 Å². The molecule has 0 atom stereocenters. The van der Waals surface area contributed by atoms with Crippen LogP contribution in [0.5, 0.6) is 5.75 Å². The van der Waals surface area contributed by atoms with Crippen LogP contribution in [0.4, 0.5) is 13.2 Å². The minimum Gasteiger partial charge on any atom is -0.484 e. The molecule has 0 aliphatic carbocycles. The van der Waals surface area contributed by atoms with Crippen molar-refractivity contribution in [3.63, 3.8) is 0 Å². The molecule has 82 valence electrons. The van der Waals surface area contributed by atoms with Gasteiger partial charge in [-0.2, -0.15) is 13.2 Å². The van der Waals surface area contributed by atoms with Gasteiger partial charge in [-0.15, -0.1) is 0 Å². The van der Waals surface area contributed by atoms with Crippen molar-refractivity contribution >= 4 is 16.8 Å². The molecule has 0 bridgehead atoms. The minimum absolute atomic E-state index is 0.164. The van der Waals surface area contributed by atoms with Crippen LogP contribution in [-0.4, -0.2) is 11.8 Å². The highest BCUT2D eigenvalue weighted by molar-refractivity contribution is 6.63. The van der Waals surface area contributed by atoms with Gasteiger partial charge in [-0.3, -0.25) is 4.79 Å². The van der Waals surface area contributed by atoms with Crippen LogP contribution >= 0.6 is 11.6 Å². The van der Waals surface area contributed by atoms with Crippen molar-refractivity contribution in [2.24, 2.45) is 0 Å². The van der Waals surface area contributed by atoms with Gasteiger partial charge in [-0.05, 0) is 35.9 Å². The number of rotatable bonds is 3. The Balaban J connectivity index is 2.69. The molecule has 0 amide bonds. The van der Waals surface area contributed by atoms with Crippen molar-refractivity contribution in [1.82, 2.24) is 0 Å². The fourth-order valence-corrected chi connectivity index (χ4v) is 0.935. The predicted octanol–water partition coefficient (Wildman–Crippen LogP) is 2.85. The predicted molar refractivity (Wildman–Crippen MR) is 47.8 cm³/mol. The van der Waals surface area contributed by atoms with Crippen molar-refractivity contribution in [3.05, 3.63) is 29.8 Å². The van der Waals surface area contributed by atoms with Gasteiger partial charge >= 0.3 is 6.18 Å². The van der Waals surface area contributed by atoms with Crippen LogP contribution in [0.25, 0.3) is 0 Å². The maximum absolute atomic E-state index is 12.1. The van der Waals surface area contributed by atoms with Crippen LogP contribution in [0.3, 0.4) is 0 Å². The average Bonchev–Trinajstić information content (AvgIpc) is 2.14. The third kappa shape index (κ3) is 3.79. The largest absolute Gasteiger partial charge is 0.484 e. The van der Waals surface area contributed by atoms with Crippen LogP contribution in [0.2, 0.25) is 0 Å². The van der Waals surface area contributed by atoms with Crippen molar-refractivity contribution in [2.45, 2.75) is 6.18 Å². The summed E-state index contributed by atoms with van der Waals surface area (Å²) in [5, 5.41) is -0.713. The summed E-state index contributed by atoms with van der Waals surface area (Å²) in [5.74, 6) is 0.164. The van der Waals surface area contributed by atoms with Crippen molar-refractivity contribution < 1.29 is 22.7 Å². The molecule has 0 N–H and O–H groups in total. The topological polar surface area (TPSA) is 26.3 Å². The Morgan fingerprint density at radius 1 is 1.27 bits per heavy atom. The molecule has 0 aliphatic rings. The Morgan fingerprint density at radius 3 is 2.20 bits per heavy atom. The summed E-state index contributed by atoms with van der Waals surface area (Å²) in [6, 6.07) is 3.99. The lowest BCUT2D eigenvalue weighted by Gasteiger charge is -2.07. The second-order valence-electron chi connectivity index (χ2n) is 2.67. The number of halogens is 4. The fourth-order valence-electron chi connectivity index (χ4n) is 0.880. The number of carbonyl (C=O) groups is 1. The number of hydrogen-bond donors (Lipinski definition) is 0. The van der Waals surface area contributed by atoms with E-state index in [1.54, 1.807) is 0 Å². The molecule has 0 aromatic heterocycles. The summed E-state index contributed by atoms with van der Waals surface area (Å²) in [6.07, 6.45) is -4.37. The third-order valence-corrected chi connectivity index (χ3v) is 1.64. The molecule has 2 nitrogen and oxygen atoms in total. The first kappa shape index (κ1) is 11.8. The maximum atomic E-state index is 12.1. The van der Waals surface area contributed by atoms with E-state index in [0.717, 1.165) is 24.3 Å². The second-order valence-corrected chi connectivity index (χ2v) is 3.09. The summed E-state index contributed by atoms with van der Waals surface area (Å²) in [6.45, 7) is -0.368. The zero-order chi connectivity index (χ0) is 11.5. The van der Waals surface area contributed by atoms with Gasteiger partial charge in [-0.25, -0.2) is 0 Å². The molecular weight excluding hydrogens is 233 g/mol. The van der Waals surface area contributed by atoms with Gasteiger partial charge in [-0.1, -0.05) is 0 Å². The SMILES string of the molecule is O=C(Cl)COc1ccc(C(F)(F)F)cc1. The Hall–Kier alpha value is -1.23. The summed E-state index contributed by atoms with van der Waals surface area (Å²) >= 11 is 4.99. The molecule has 0 unspecified atom stereocenters. The molecule has 0 radical (unpaired) electrons. The summed E-state index contributed by atoms with van der Waals surface area (Å²) in [7, 11) is 0. The quantitative estimate of drug-likeness (QED) is 0.757. The fraction of sp³-hybridized carbons (Fsp3) is 0.222. The van der Waals surface area contributed by atoms with Gasteiger partial charge in [0.1, 0.15) is 5.75 Å². The molecule has 0 heterocycles. The van der Waals surface area contributed by atoms with E-state index in [1.807, 2.05) is 0 Å². The van der Waals surface area contributed by atoms with E-state index in [9.17, 15) is 18.0 Å². The van der Waals surface area contributed by atoms with Gasteiger partial charge in [0.2, 0.25) is 0 Å². The molecular formula is C9H6ClF3O2. The van der Waals surface area contributed by atoms with Crippen molar-refractivity contribution in [2.75, 3.05) is 6.61 Å². The number of hydrogen-bond acceptors (Lipinski definition) is 2. The van der Waals surface area contributed by atoms with E-state index in [2.05, 4.69) is 0 Å². The first-order valence-corrected chi connectivity index (χ1v) is 4.26. The van der Waals surface area contributed by atoms with Crippen molar-refractivity contribution in [1.29, 1.82) is 0 Å². The Labute approximate surface area is 88.6 Å². The summed E-state index contributed by atoms with van der Waals surface area (Å²) < 4.78 is 41.1. The van der Waals surface area contributed by atoms with E-state index in [0.29, 0.717) is 0 Å². The van der Waals surface area contributed by atoms with E-state index in [-0.39, 0.29) is 12.4 Å². The molecule has 1 rings (SSSR count). The average molecular weight is 239 g/mol. The first-order valence-electron chi connectivity index (χ1n) is 3.88. The molecule has 15 heavy (non-hydrogen) atoms. The van der Waals surface area contributed by atoms with Crippen LogP contribution in [0, 0.1) is 0 Å². The molecule has 1 aromatic carbocycles. The van der Waals surface area contributed by atoms with Gasteiger partial charge in [0.25, 0.3) is 5.24 Å². The summed E-state index contributed by atoms with van der Waals surface area (Å²) in [5.41, 5.74) is -0.771. The standard InChI is InChI=1S/C9H6ClF3O2/c10-8(14)5-15-7-3-1-6(2-4-7)9(11,12)13/h1-4H,5H2. The smallest absolute Gasteiger partial charge is 0.416 e. The monoisotopic (exact) mass is 238 g/mol. The normalized spacial score (nSPS) is 11.2. The van der Waals surface area contributed by atoms with Crippen LogP contribution in [0.1, 0.15) is 5.56 Å². The highest BCUT2D eigenvalue weighted by atomic mass is 35.5. The highest BCUT2D eigenvalue weighted by Crippen LogP contribution is 2.30. The lowest BCUT2D eigenvalue weighted by atomic mass is 10.2. The number of carbonyl (C=O) groups excluding carboxylic acids is 1. The highest BCUT2D eigenvalue weighted by Gasteiger charge is 2.29. The van der Waals surface area contributed by atoms with E-state index < -0.39 is 17.0 Å². The number of ether oxygens (including phenoxy) is 1. The Kier molecular flexibility index (Phi) is 3.57. The zero-order valence-electron chi connectivity index (χ0n) is 7.34. The molecule has 0 spiro atoms. The Morgan fingerprint density at radius 2 is 1.80 bits per heavy atom. The molecule has 0 saturated heterocycles. The maximum Gasteiger partial charge on any atom is 0.416 e. The zero-order valence-corrected chi connectivity index (χ0v) is 8.10. The van der Waals surface area contributed by atoms with Gasteiger partial charge in [0, 0.05) is 0 Å². The first-order chi connectivity index (χ1) is 6.89. The van der Waals surface area contributed by atoms with E-state index >= 15 is 0 Å². The van der Waals surface area contributed by atoms with Gasteiger partial charge < -0.3 is 4.74 Å². The Bertz CT molecular complexity index is 345. The molecule has 0 saturated carbocycles. The van der Waals surface area contributed by atoms with E-state index in [1.165, 1.54) is 0 Å². The molecule has 6 heteroatoms. The lowest BCUT2D eigenvalue weighted by molar-refractivity contribution is -0.137. The summed E-state index contributed by atoms with van der Waals surface area (Å²) in [4.78, 5) is 10.3. The van der Waals surface area contributed by atoms with Gasteiger partial charge in [0.15, 0.2) is 6.61 Å². The molecule has 1 aromatic rings. The second kappa shape index (κ2) is 4.53. The van der Waals surface area contributed by atoms with Crippen molar-refractivity contribution in [3.8, 4) is 5.75 Å². The number of alkyl halides is 3. The third-order valence-electron chi connectivity index (χ3n) is 1.53. The van der Waals surface area contributed by atoms with Crippen LogP contribution in [-0.2, 0) is 11.0 Å². The number of benzene rings is 1. The lowest BCUT2D eigenvalue weighted by Crippen LogP contribution is -2.06. The van der Waals surface area contributed by atoms with Crippen LogP contribution < -0.4 is 4.74 Å². The molecule has 0 aliphatic heterocycles. The van der Waals surface area contributed by atoms with E-state index in [4.69, 9.17) is 16.3 Å². The molecule has 0 fully saturated rings.